The first-order valence-corrected chi connectivity index (χ1v) is 6.20. The molecule has 0 aliphatic rings. The summed E-state index contributed by atoms with van der Waals surface area (Å²) in [6.45, 7) is 8.17. The third-order valence-corrected chi connectivity index (χ3v) is 3.12. The molecular formula is C13H18OS. The minimum atomic E-state index is 0.0684. The van der Waals surface area contributed by atoms with Crippen LogP contribution >= 0.6 is 11.8 Å². The van der Waals surface area contributed by atoms with E-state index in [2.05, 4.69) is 13.8 Å². The van der Waals surface area contributed by atoms with Gasteiger partial charge in [0.15, 0.2) is 5.78 Å². The van der Waals surface area contributed by atoms with Gasteiger partial charge < -0.3 is 0 Å². The lowest BCUT2D eigenvalue weighted by Gasteiger charge is -2.11. The highest BCUT2D eigenvalue weighted by atomic mass is 32.2. The van der Waals surface area contributed by atoms with Gasteiger partial charge in [-0.1, -0.05) is 45.9 Å². The molecule has 0 N–H and O–H groups in total. The number of benzene rings is 1. The van der Waals surface area contributed by atoms with Gasteiger partial charge in [-0.15, -0.1) is 11.8 Å². The molecular weight excluding hydrogens is 204 g/mol. The van der Waals surface area contributed by atoms with Gasteiger partial charge in [0.2, 0.25) is 0 Å². The van der Waals surface area contributed by atoms with Crippen LogP contribution in [0.5, 0.6) is 0 Å². The van der Waals surface area contributed by atoms with Crippen LogP contribution < -0.4 is 0 Å². The highest BCUT2D eigenvalue weighted by Crippen LogP contribution is 2.27. The summed E-state index contributed by atoms with van der Waals surface area (Å²) in [5.41, 5.74) is 0.867. The van der Waals surface area contributed by atoms with Crippen molar-refractivity contribution in [2.75, 3.05) is 0 Å². The molecule has 0 aromatic heterocycles. The Kier molecular flexibility index (Phi) is 4.40. The predicted molar refractivity (Wildman–Crippen MR) is 66.6 cm³/mol. The third kappa shape index (κ3) is 3.38. The lowest BCUT2D eigenvalue weighted by molar-refractivity contribution is 0.0936. The summed E-state index contributed by atoms with van der Waals surface area (Å²) >= 11 is 1.75. The molecule has 1 nitrogen and oxygen atoms in total. The van der Waals surface area contributed by atoms with Crippen LogP contribution in [0.15, 0.2) is 29.2 Å². The zero-order valence-electron chi connectivity index (χ0n) is 9.78. The molecule has 15 heavy (non-hydrogen) atoms. The monoisotopic (exact) mass is 222 g/mol. The predicted octanol–water partition coefficient (Wildman–Crippen LogP) is 4.03. The Morgan fingerprint density at radius 1 is 1.13 bits per heavy atom. The van der Waals surface area contributed by atoms with Gasteiger partial charge in [0.25, 0.3) is 0 Å². The van der Waals surface area contributed by atoms with Crippen molar-refractivity contribution in [1.82, 2.24) is 0 Å². The number of carbonyl (C=O) groups is 1. The van der Waals surface area contributed by atoms with Gasteiger partial charge in [-0.3, -0.25) is 4.79 Å². The molecule has 0 saturated heterocycles. The molecule has 82 valence electrons. The molecule has 0 radical (unpaired) electrons. The van der Waals surface area contributed by atoms with Crippen molar-refractivity contribution < 1.29 is 4.79 Å². The van der Waals surface area contributed by atoms with Crippen molar-refractivity contribution in [3.8, 4) is 0 Å². The Balaban J connectivity index is 3.01. The van der Waals surface area contributed by atoms with E-state index in [-0.39, 0.29) is 11.7 Å². The van der Waals surface area contributed by atoms with Crippen molar-refractivity contribution in [3.63, 3.8) is 0 Å². The molecule has 1 aromatic carbocycles. The summed E-state index contributed by atoms with van der Waals surface area (Å²) in [5.74, 6) is 0.303. The van der Waals surface area contributed by atoms with Crippen LogP contribution in [-0.4, -0.2) is 11.0 Å². The van der Waals surface area contributed by atoms with Crippen LogP contribution in [0.3, 0.4) is 0 Å². The average molecular weight is 222 g/mol. The molecule has 0 atom stereocenters. The summed E-state index contributed by atoms with van der Waals surface area (Å²) in [6, 6.07) is 7.87. The molecule has 0 saturated carbocycles. The Morgan fingerprint density at radius 3 is 2.27 bits per heavy atom. The number of hydrogen-bond acceptors (Lipinski definition) is 2. The molecule has 0 fully saturated rings. The molecule has 0 aliphatic heterocycles. The normalized spacial score (nSPS) is 11.1. The minimum absolute atomic E-state index is 0.0684. The van der Waals surface area contributed by atoms with E-state index in [1.54, 1.807) is 11.8 Å². The van der Waals surface area contributed by atoms with Crippen molar-refractivity contribution in [2.24, 2.45) is 5.92 Å². The Labute approximate surface area is 96.3 Å². The SMILES string of the molecule is CC(C)Sc1ccccc1C(=O)C(C)C. The summed E-state index contributed by atoms with van der Waals surface area (Å²) in [4.78, 5) is 13.0. The van der Waals surface area contributed by atoms with E-state index in [4.69, 9.17) is 0 Å². The van der Waals surface area contributed by atoms with Gasteiger partial charge in [-0.25, -0.2) is 0 Å². The Bertz CT molecular complexity index is 342. The maximum atomic E-state index is 11.9. The molecule has 2 heteroatoms. The number of ketones is 1. The third-order valence-electron chi connectivity index (χ3n) is 2.04. The fourth-order valence-corrected chi connectivity index (χ4v) is 2.30. The zero-order valence-corrected chi connectivity index (χ0v) is 10.6. The first-order chi connectivity index (χ1) is 7.02. The van der Waals surface area contributed by atoms with E-state index in [0.29, 0.717) is 5.25 Å². The second-order valence-electron chi connectivity index (χ2n) is 4.18. The molecule has 0 spiro atoms. The van der Waals surface area contributed by atoms with Crippen LogP contribution in [0.1, 0.15) is 38.1 Å². The van der Waals surface area contributed by atoms with Crippen molar-refractivity contribution in [1.29, 1.82) is 0 Å². The Hall–Kier alpha value is -0.760. The summed E-state index contributed by atoms with van der Waals surface area (Å²) < 4.78 is 0. The topological polar surface area (TPSA) is 17.1 Å². The molecule has 0 unspecified atom stereocenters. The van der Waals surface area contributed by atoms with E-state index in [1.165, 1.54) is 0 Å². The molecule has 0 heterocycles. The number of rotatable bonds is 4. The Morgan fingerprint density at radius 2 is 1.73 bits per heavy atom. The van der Waals surface area contributed by atoms with E-state index in [1.807, 2.05) is 38.1 Å². The van der Waals surface area contributed by atoms with Crippen LogP contribution in [0.2, 0.25) is 0 Å². The van der Waals surface area contributed by atoms with E-state index in [9.17, 15) is 4.79 Å². The van der Waals surface area contributed by atoms with Crippen molar-refractivity contribution in [3.05, 3.63) is 29.8 Å². The molecule has 0 bridgehead atoms. The number of thioether (sulfide) groups is 1. The van der Waals surface area contributed by atoms with E-state index >= 15 is 0 Å². The maximum absolute atomic E-state index is 11.9. The van der Waals surface area contributed by atoms with E-state index in [0.717, 1.165) is 10.5 Å². The zero-order chi connectivity index (χ0) is 11.4. The first kappa shape index (κ1) is 12.3. The molecule has 0 aliphatic carbocycles. The van der Waals surface area contributed by atoms with Crippen LogP contribution in [-0.2, 0) is 0 Å². The first-order valence-electron chi connectivity index (χ1n) is 5.32. The van der Waals surface area contributed by atoms with Crippen LogP contribution in [0.4, 0.5) is 0 Å². The second kappa shape index (κ2) is 5.36. The number of Topliss-reactive ketones (excluding diaryl/α,β-unsaturated/α-hetero) is 1. The molecule has 0 amide bonds. The summed E-state index contributed by atoms with van der Waals surface area (Å²) in [7, 11) is 0. The van der Waals surface area contributed by atoms with Gasteiger partial charge in [0, 0.05) is 21.6 Å². The van der Waals surface area contributed by atoms with Gasteiger partial charge in [0.1, 0.15) is 0 Å². The standard InChI is InChI=1S/C13H18OS/c1-9(2)13(14)11-7-5-6-8-12(11)15-10(3)4/h5-10H,1-4H3. The molecule has 1 rings (SSSR count). The van der Waals surface area contributed by atoms with Gasteiger partial charge in [-0.05, 0) is 6.07 Å². The smallest absolute Gasteiger partial charge is 0.166 e. The van der Waals surface area contributed by atoms with Crippen LogP contribution in [0, 0.1) is 5.92 Å². The van der Waals surface area contributed by atoms with Crippen molar-refractivity contribution in [2.45, 2.75) is 37.8 Å². The average Bonchev–Trinajstić information content (AvgIpc) is 2.16. The van der Waals surface area contributed by atoms with Gasteiger partial charge >= 0.3 is 0 Å². The largest absolute Gasteiger partial charge is 0.294 e. The fraction of sp³-hybridized carbons (Fsp3) is 0.462. The van der Waals surface area contributed by atoms with Crippen molar-refractivity contribution >= 4 is 17.5 Å². The van der Waals surface area contributed by atoms with Gasteiger partial charge in [0.05, 0.1) is 0 Å². The fourth-order valence-electron chi connectivity index (χ4n) is 1.34. The minimum Gasteiger partial charge on any atom is -0.294 e. The van der Waals surface area contributed by atoms with Crippen LogP contribution in [0.25, 0.3) is 0 Å². The summed E-state index contributed by atoms with van der Waals surface area (Å²) in [6.07, 6.45) is 0. The quantitative estimate of drug-likeness (QED) is 0.565. The highest BCUT2D eigenvalue weighted by Gasteiger charge is 2.14. The van der Waals surface area contributed by atoms with E-state index < -0.39 is 0 Å². The highest BCUT2D eigenvalue weighted by molar-refractivity contribution is 8.00. The second-order valence-corrected chi connectivity index (χ2v) is 5.80. The molecule has 1 aromatic rings. The maximum Gasteiger partial charge on any atom is 0.166 e. The number of carbonyl (C=O) groups excluding carboxylic acids is 1. The lowest BCUT2D eigenvalue weighted by Crippen LogP contribution is -2.09. The number of hydrogen-bond donors (Lipinski definition) is 0. The lowest BCUT2D eigenvalue weighted by atomic mass is 10.0. The summed E-state index contributed by atoms with van der Waals surface area (Å²) in [5, 5.41) is 0.506. The van der Waals surface area contributed by atoms with Gasteiger partial charge in [-0.2, -0.15) is 0 Å².